The number of rotatable bonds is 4. The van der Waals surface area contributed by atoms with Gasteiger partial charge in [-0.1, -0.05) is 0 Å². The fraction of sp³-hybridized carbons (Fsp3) is 0.364. The average Bonchev–Trinajstić information content (AvgIpc) is 2.21. The van der Waals surface area contributed by atoms with Gasteiger partial charge in [-0.25, -0.2) is 4.79 Å². The molecule has 0 aromatic heterocycles. The van der Waals surface area contributed by atoms with Gasteiger partial charge in [0.25, 0.3) is 0 Å². The predicted octanol–water partition coefficient (Wildman–Crippen LogP) is 1.88. The van der Waals surface area contributed by atoms with E-state index >= 15 is 0 Å². The van der Waals surface area contributed by atoms with Gasteiger partial charge in [0.1, 0.15) is 0 Å². The third-order valence-electron chi connectivity index (χ3n) is 1.91. The summed E-state index contributed by atoms with van der Waals surface area (Å²) in [6, 6.07) is 5.15. The molecule has 0 aliphatic heterocycles. The molecule has 0 radical (unpaired) electrons. The van der Waals surface area contributed by atoms with Crippen LogP contribution in [0.1, 0.15) is 24.2 Å². The van der Waals surface area contributed by atoms with E-state index in [1.54, 1.807) is 25.1 Å². The lowest BCUT2D eigenvalue weighted by atomic mass is 10.1. The van der Waals surface area contributed by atoms with Gasteiger partial charge in [0.05, 0.1) is 12.2 Å². The van der Waals surface area contributed by atoms with E-state index < -0.39 is 0 Å². The second-order valence-corrected chi connectivity index (χ2v) is 3.06. The van der Waals surface area contributed by atoms with Crippen molar-refractivity contribution in [3.63, 3.8) is 0 Å². The van der Waals surface area contributed by atoms with Gasteiger partial charge in [-0.2, -0.15) is 0 Å². The number of nitrogens with one attached hydrogen (secondary N) is 1. The van der Waals surface area contributed by atoms with Crippen LogP contribution in [0.4, 0.5) is 11.4 Å². The first kappa shape index (κ1) is 11.4. The van der Waals surface area contributed by atoms with E-state index in [0.717, 1.165) is 12.2 Å². The Bertz CT molecular complexity index is 350. The van der Waals surface area contributed by atoms with E-state index in [0.29, 0.717) is 17.9 Å². The number of ether oxygens (including phenoxy) is 1. The molecule has 4 heteroatoms. The zero-order chi connectivity index (χ0) is 11.3. The molecule has 1 aromatic rings. The zero-order valence-corrected chi connectivity index (χ0v) is 9.04. The minimum Gasteiger partial charge on any atom is -0.462 e. The number of benzene rings is 1. The second-order valence-electron chi connectivity index (χ2n) is 3.06. The van der Waals surface area contributed by atoms with Crippen LogP contribution in [0.2, 0.25) is 0 Å². The minimum atomic E-state index is -0.347. The summed E-state index contributed by atoms with van der Waals surface area (Å²) in [4.78, 5) is 11.6. The Hall–Kier alpha value is -1.71. The molecule has 1 rings (SSSR count). The molecule has 3 N–H and O–H groups in total. The molecule has 0 amide bonds. The molecule has 0 aliphatic rings. The quantitative estimate of drug-likeness (QED) is 0.585. The summed E-state index contributed by atoms with van der Waals surface area (Å²) in [6.45, 7) is 4.85. The van der Waals surface area contributed by atoms with E-state index in [4.69, 9.17) is 10.5 Å². The normalized spacial score (nSPS) is 9.73. The largest absolute Gasteiger partial charge is 0.462 e. The molecular weight excluding hydrogens is 192 g/mol. The number of anilines is 2. The Morgan fingerprint density at radius 1 is 1.47 bits per heavy atom. The number of nitrogen functional groups attached to an aromatic ring is 1. The van der Waals surface area contributed by atoms with Crippen LogP contribution in [0.15, 0.2) is 18.2 Å². The zero-order valence-electron chi connectivity index (χ0n) is 9.04. The number of hydrogen-bond acceptors (Lipinski definition) is 4. The van der Waals surface area contributed by atoms with Gasteiger partial charge < -0.3 is 15.8 Å². The monoisotopic (exact) mass is 208 g/mol. The molecule has 0 aliphatic carbocycles. The number of carbonyl (C=O) groups excluding carboxylic acids is 1. The summed E-state index contributed by atoms with van der Waals surface area (Å²) in [7, 11) is 0. The lowest BCUT2D eigenvalue weighted by molar-refractivity contribution is 0.0527. The molecule has 0 fully saturated rings. The second kappa shape index (κ2) is 5.24. The first-order valence-electron chi connectivity index (χ1n) is 4.99. The van der Waals surface area contributed by atoms with Crippen molar-refractivity contribution >= 4 is 17.3 Å². The summed E-state index contributed by atoms with van der Waals surface area (Å²) in [5.41, 5.74) is 7.42. The SMILES string of the molecule is CCNc1ccc(N)cc1C(=O)OCC. The Kier molecular flexibility index (Phi) is 3.97. The molecular formula is C11H16N2O2. The van der Waals surface area contributed by atoms with Gasteiger partial charge in [0.15, 0.2) is 0 Å². The van der Waals surface area contributed by atoms with Crippen LogP contribution in [0.5, 0.6) is 0 Å². The van der Waals surface area contributed by atoms with Crippen LogP contribution in [-0.2, 0) is 4.74 Å². The predicted molar refractivity (Wildman–Crippen MR) is 61.0 cm³/mol. The van der Waals surface area contributed by atoms with E-state index in [2.05, 4.69) is 5.32 Å². The highest BCUT2D eigenvalue weighted by molar-refractivity contribution is 5.96. The third kappa shape index (κ3) is 2.87. The summed E-state index contributed by atoms with van der Waals surface area (Å²) >= 11 is 0. The maximum Gasteiger partial charge on any atom is 0.340 e. The van der Waals surface area contributed by atoms with E-state index in [1.165, 1.54) is 0 Å². The molecule has 15 heavy (non-hydrogen) atoms. The lowest BCUT2D eigenvalue weighted by Gasteiger charge is -2.10. The van der Waals surface area contributed by atoms with Crippen molar-refractivity contribution in [1.29, 1.82) is 0 Å². The molecule has 0 bridgehead atoms. The van der Waals surface area contributed by atoms with Gasteiger partial charge in [-0.3, -0.25) is 0 Å². The Labute approximate surface area is 89.4 Å². The van der Waals surface area contributed by atoms with Crippen LogP contribution >= 0.6 is 0 Å². The van der Waals surface area contributed by atoms with Gasteiger partial charge >= 0.3 is 5.97 Å². The highest BCUT2D eigenvalue weighted by Crippen LogP contribution is 2.19. The van der Waals surface area contributed by atoms with Crippen LogP contribution in [0, 0.1) is 0 Å². The topological polar surface area (TPSA) is 64.3 Å². The fourth-order valence-corrected chi connectivity index (χ4v) is 1.28. The Morgan fingerprint density at radius 3 is 2.80 bits per heavy atom. The maximum atomic E-state index is 11.6. The van der Waals surface area contributed by atoms with Crippen molar-refractivity contribution in [2.75, 3.05) is 24.2 Å². The van der Waals surface area contributed by atoms with E-state index in [1.807, 2.05) is 6.92 Å². The van der Waals surface area contributed by atoms with Crippen molar-refractivity contribution in [2.24, 2.45) is 0 Å². The van der Waals surface area contributed by atoms with Gasteiger partial charge in [-0.05, 0) is 32.0 Å². The standard InChI is InChI=1S/C11H16N2O2/c1-3-13-10-6-5-8(12)7-9(10)11(14)15-4-2/h5-7,13H,3-4,12H2,1-2H3. The summed E-state index contributed by atoms with van der Waals surface area (Å²) < 4.78 is 4.94. The van der Waals surface area contributed by atoms with Gasteiger partial charge in [0, 0.05) is 17.9 Å². The molecule has 4 nitrogen and oxygen atoms in total. The molecule has 0 atom stereocenters. The minimum absolute atomic E-state index is 0.347. The molecule has 82 valence electrons. The van der Waals surface area contributed by atoms with Crippen molar-refractivity contribution in [2.45, 2.75) is 13.8 Å². The highest BCUT2D eigenvalue weighted by Gasteiger charge is 2.12. The Morgan fingerprint density at radius 2 is 2.20 bits per heavy atom. The van der Waals surface area contributed by atoms with Crippen LogP contribution in [-0.4, -0.2) is 19.1 Å². The van der Waals surface area contributed by atoms with Crippen LogP contribution < -0.4 is 11.1 Å². The summed E-state index contributed by atoms with van der Waals surface area (Å²) in [6.07, 6.45) is 0. The molecule has 0 heterocycles. The first-order valence-corrected chi connectivity index (χ1v) is 4.99. The highest BCUT2D eigenvalue weighted by atomic mass is 16.5. The smallest absolute Gasteiger partial charge is 0.340 e. The first-order chi connectivity index (χ1) is 7.19. The van der Waals surface area contributed by atoms with Crippen molar-refractivity contribution in [1.82, 2.24) is 0 Å². The van der Waals surface area contributed by atoms with E-state index in [-0.39, 0.29) is 5.97 Å². The van der Waals surface area contributed by atoms with Crippen LogP contribution in [0.25, 0.3) is 0 Å². The van der Waals surface area contributed by atoms with Gasteiger partial charge in [0.2, 0.25) is 0 Å². The van der Waals surface area contributed by atoms with Crippen molar-refractivity contribution in [3.05, 3.63) is 23.8 Å². The number of nitrogens with two attached hydrogens (primary N) is 1. The fourth-order valence-electron chi connectivity index (χ4n) is 1.28. The lowest BCUT2D eigenvalue weighted by Crippen LogP contribution is -2.10. The summed E-state index contributed by atoms with van der Waals surface area (Å²) in [5, 5.41) is 3.09. The molecule has 1 aromatic carbocycles. The molecule has 0 saturated carbocycles. The molecule has 0 unspecified atom stereocenters. The average molecular weight is 208 g/mol. The third-order valence-corrected chi connectivity index (χ3v) is 1.91. The van der Waals surface area contributed by atoms with Gasteiger partial charge in [-0.15, -0.1) is 0 Å². The summed E-state index contributed by atoms with van der Waals surface area (Å²) in [5.74, 6) is -0.347. The van der Waals surface area contributed by atoms with Crippen molar-refractivity contribution in [3.8, 4) is 0 Å². The maximum absolute atomic E-state index is 11.6. The van der Waals surface area contributed by atoms with Crippen molar-refractivity contribution < 1.29 is 9.53 Å². The van der Waals surface area contributed by atoms with E-state index in [9.17, 15) is 4.79 Å². The van der Waals surface area contributed by atoms with Crippen LogP contribution in [0.3, 0.4) is 0 Å². The molecule has 0 saturated heterocycles. The number of hydrogen-bond donors (Lipinski definition) is 2. The number of esters is 1. The Balaban J connectivity index is 3.00. The molecule has 0 spiro atoms. The number of carbonyl (C=O) groups is 1.